The number of fused-ring (bicyclic) bond motifs is 1. The highest BCUT2D eigenvalue weighted by Gasteiger charge is 2.24. The van der Waals surface area contributed by atoms with Crippen molar-refractivity contribution in [1.29, 1.82) is 0 Å². The van der Waals surface area contributed by atoms with Crippen molar-refractivity contribution in [2.45, 2.75) is 31.3 Å². The second kappa shape index (κ2) is 4.68. The van der Waals surface area contributed by atoms with Crippen LogP contribution < -0.4 is 4.74 Å². The van der Waals surface area contributed by atoms with Gasteiger partial charge in [-0.1, -0.05) is 11.6 Å². The second-order valence-corrected chi connectivity index (χ2v) is 5.45. The van der Waals surface area contributed by atoms with Crippen LogP contribution in [-0.4, -0.2) is 17.6 Å². The Morgan fingerprint density at radius 1 is 1.44 bits per heavy atom. The maximum atomic E-state index is 11.8. The zero-order chi connectivity index (χ0) is 11.7. The summed E-state index contributed by atoms with van der Waals surface area (Å²) >= 11 is 7.70. The Bertz CT molecular complexity index is 429. The van der Waals surface area contributed by atoms with Crippen molar-refractivity contribution in [3.63, 3.8) is 0 Å². The maximum Gasteiger partial charge on any atom is 0.166 e. The van der Waals surface area contributed by atoms with E-state index in [9.17, 15) is 4.79 Å². The molecule has 0 saturated carbocycles. The van der Waals surface area contributed by atoms with Gasteiger partial charge in [0.15, 0.2) is 5.78 Å². The zero-order valence-electron chi connectivity index (χ0n) is 9.25. The van der Waals surface area contributed by atoms with E-state index >= 15 is 0 Å². The van der Waals surface area contributed by atoms with E-state index in [4.69, 9.17) is 16.3 Å². The number of benzene rings is 1. The summed E-state index contributed by atoms with van der Waals surface area (Å²) in [6.07, 6.45) is 0.658. The van der Waals surface area contributed by atoms with Crippen molar-refractivity contribution in [3.8, 4) is 5.75 Å². The molecular formula is C12H13ClO2S. The first-order valence-corrected chi connectivity index (χ1v) is 6.61. The van der Waals surface area contributed by atoms with Gasteiger partial charge in [-0.15, -0.1) is 11.8 Å². The first kappa shape index (κ1) is 11.8. The van der Waals surface area contributed by atoms with Gasteiger partial charge in [0.1, 0.15) is 5.75 Å². The number of ketones is 1. The normalized spacial score (nSPS) is 15.1. The molecule has 0 N–H and O–H groups in total. The third-order valence-corrected chi connectivity index (χ3v) is 3.70. The molecule has 0 aliphatic carbocycles. The molecule has 86 valence electrons. The summed E-state index contributed by atoms with van der Waals surface area (Å²) in [7, 11) is 0. The van der Waals surface area contributed by atoms with Gasteiger partial charge in [0, 0.05) is 12.2 Å². The van der Waals surface area contributed by atoms with E-state index in [1.54, 1.807) is 17.8 Å². The van der Waals surface area contributed by atoms with Gasteiger partial charge in [-0.05, 0) is 26.0 Å². The third kappa shape index (κ3) is 2.20. The molecule has 1 aromatic carbocycles. The molecule has 4 heteroatoms. The SMILES string of the molecule is CC(C)Oc1ccc(Cl)c2c1SCCC2=O. The molecule has 0 saturated heterocycles. The van der Waals surface area contributed by atoms with Crippen LogP contribution in [-0.2, 0) is 0 Å². The second-order valence-electron chi connectivity index (χ2n) is 3.94. The standard InChI is InChI=1S/C12H13ClO2S/c1-7(2)15-10-4-3-8(13)11-9(14)5-6-16-12(10)11/h3-4,7H,5-6H2,1-2H3. The fraction of sp³-hybridized carbons (Fsp3) is 0.417. The summed E-state index contributed by atoms with van der Waals surface area (Å²) in [6.45, 7) is 3.94. The van der Waals surface area contributed by atoms with Crippen molar-refractivity contribution in [1.82, 2.24) is 0 Å². The van der Waals surface area contributed by atoms with Crippen LogP contribution in [0.3, 0.4) is 0 Å². The fourth-order valence-electron chi connectivity index (χ4n) is 1.66. The lowest BCUT2D eigenvalue weighted by molar-refractivity contribution is 0.0983. The Labute approximate surface area is 104 Å². The molecular weight excluding hydrogens is 244 g/mol. The molecule has 2 nitrogen and oxygen atoms in total. The minimum atomic E-state index is 0.0999. The summed E-state index contributed by atoms with van der Waals surface area (Å²) in [5.41, 5.74) is 0.635. The highest BCUT2D eigenvalue weighted by atomic mass is 35.5. The molecule has 0 fully saturated rings. The summed E-state index contributed by atoms with van der Waals surface area (Å²) in [4.78, 5) is 12.7. The number of thioether (sulfide) groups is 1. The third-order valence-electron chi connectivity index (χ3n) is 2.29. The molecule has 1 aromatic rings. The van der Waals surface area contributed by atoms with Crippen LogP contribution >= 0.6 is 23.4 Å². The fourth-order valence-corrected chi connectivity index (χ4v) is 3.10. The number of hydrogen-bond acceptors (Lipinski definition) is 3. The Hall–Kier alpha value is -0.670. The molecule has 1 aliphatic rings. The van der Waals surface area contributed by atoms with Crippen molar-refractivity contribution >= 4 is 29.1 Å². The number of rotatable bonds is 2. The predicted octanol–water partition coefficient (Wildman–Crippen LogP) is 3.81. The molecule has 0 bridgehead atoms. The lowest BCUT2D eigenvalue weighted by Crippen LogP contribution is -2.13. The summed E-state index contributed by atoms with van der Waals surface area (Å²) in [5.74, 6) is 1.70. The largest absolute Gasteiger partial charge is 0.490 e. The summed E-state index contributed by atoms with van der Waals surface area (Å²) in [6, 6.07) is 3.58. The molecule has 1 aliphatic heterocycles. The minimum Gasteiger partial charge on any atom is -0.490 e. The van der Waals surface area contributed by atoms with Crippen LogP contribution in [0.4, 0.5) is 0 Å². The molecule has 0 unspecified atom stereocenters. The average Bonchev–Trinajstić information content (AvgIpc) is 2.22. The van der Waals surface area contributed by atoms with Crippen LogP contribution in [0, 0.1) is 0 Å². The molecule has 0 spiro atoms. The smallest absolute Gasteiger partial charge is 0.166 e. The van der Waals surface area contributed by atoms with E-state index in [2.05, 4.69) is 0 Å². The van der Waals surface area contributed by atoms with Crippen LogP contribution in [0.2, 0.25) is 5.02 Å². The van der Waals surface area contributed by atoms with Gasteiger partial charge in [-0.2, -0.15) is 0 Å². The topological polar surface area (TPSA) is 26.3 Å². The number of carbonyl (C=O) groups is 1. The zero-order valence-corrected chi connectivity index (χ0v) is 10.8. The van der Waals surface area contributed by atoms with Gasteiger partial charge in [0.05, 0.1) is 21.6 Å². The predicted molar refractivity (Wildman–Crippen MR) is 66.9 cm³/mol. The Balaban J connectivity index is 2.49. The van der Waals surface area contributed by atoms with Gasteiger partial charge < -0.3 is 4.74 Å². The van der Waals surface area contributed by atoms with Gasteiger partial charge >= 0.3 is 0 Å². The number of ether oxygens (including phenoxy) is 1. The van der Waals surface area contributed by atoms with Crippen LogP contribution in [0.1, 0.15) is 30.6 Å². The van der Waals surface area contributed by atoms with E-state index in [-0.39, 0.29) is 11.9 Å². The lowest BCUT2D eigenvalue weighted by atomic mass is 10.1. The Kier molecular flexibility index (Phi) is 3.45. The van der Waals surface area contributed by atoms with Crippen molar-refractivity contribution in [2.24, 2.45) is 0 Å². The van der Waals surface area contributed by atoms with E-state index in [0.29, 0.717) is 17.0 Å². The minimum absolute atomic E-state index is 0.0999. The first-order valence-electron chi connectivity index (χ1n) is 5.24. The average molecular weight is 257 g/mol. The lowest BCUT2D eigenvalue weighted by Gasteiger charge is -2.20. The Morgan fingerprint density at radius 3 is 2.88 bits per heavy atom. The first-order chi connectivity index (χ1) is 7.59. The van der Waals surface area contributed by atoms with E-state index in [1.165, 1.54) is 0 Å². The highest BCUT2D eigenvalue weighted by molar-refractivity contribution is 7.99. The van der Waals surface area contributed by atoms with E-state index in [0.717, 1.165) is 16.4 Å². The van der Waals surface area contributed by atoms with E-state index in [1.807, 2.05) is 19.9 Å². The number of hydrogen-bond donors (Lipinski definition) is 0. The number of halogens is 1. The molecule has 0 atom stereocenters. The van der Waals surface area contributed by atoms with Gasteiger partial charge in [0.2, 0.25) is 0 Å². The maximum absolute atomic E-state index is 11.8. The molecule has 1 heterocycles. The quantitative estimate of drug-likeness (QED) is 0.805. The summed E-state index contributed by atoms with van der Waals surface area (Å²) in [5, 5.41) is 0.531. The number of carbonyl (C=O) groups excluding carboxylic acids is 1. The molecule has 0 radical (unpaired) electrons. The molecule has 2 rings (SSSR count). The molecule has 0 aromatic heterocycles. The monoisotopic (exact) mass is 256 g/mol. The highest BCUT2D eigenvalue weighted by Crippen LogP contribution is 2.41. The molecule has 0 amide bonds. The Morgan fingerprint density at radius 2 is 2.19 bits per heavy atom. The van der Waals surface area contributed by atoms with Gasteiger partial charge in [0.25, 0.3) is 0 Å². The summed E-state index contributed by atoms with van der Waals surface area (Å²) < 4.78 is 5.68. The number of Topliss-reactive ketones (excluding diaryl/α,β-unsaturated/α-hetero) is 1. The van der Waals surface area contributed by atoms with Gasteiger partial charge in [-0.3, -0.25) is 4.79 Å². The van der Waals surface area contributed by atoms with Gasteiger partial charge in [-0.25, -0.2) is 0 Å². The van der Waals surface area contributed by atoms with Crippen molar-refractivity contribution in [3.05, 3.63) is 22.7 Å². The van der Waals surface area contributed by atoms with Crippen molar-refractivity contribution < 1.29 is 9.53 Å². The van der Waals surface area contributed by atoms with Crippen LogP contribution in [0.15, 0.2) is 17.0 Å². The van der Waals surface area contributed by atoms with Crippen LogP contribution in [0.5, 0.6) is 5.75 Å². The van der Waals surface area contributed by atoms with E-state index < -0.39 is 0 Å². The van der Waals surface area contributed by atoms with Crippen LogP contribution in [0.25, 0.3) is 0 Å². The van der Waals surface area contributed by atoms with Crippen molar-refractivity contribution in [2.75, 3.05) is 5.75 Å². The molecule has 16 heavy (non-hydrogen) atoms.